The Hall–Kier alpha value is -2.86. The van der Waals surface area contributed by atoms with Crippen LogP contribution in [0.25, 0.3) is 5.52 Å². The fraction of sp³-hybridized carbons (Fsp3) is 0.286. The highest BCUT2D eigenvalue weighted by Gasteiger charge is 2.17. The molecule has 140 valence electrons. The summed E-state index contributed by atoms with van der Waals surface area (Å²) in [6.07, 6.45) is 1.85. The molecule has 1 fully saturated rings. The highest BCUT2D eigenvalue weighted by molar-refractivity contribution is 6.04. The SMILES string of the molecule is Cc1ccc(NC(=O)c2ccc3ccc(N4CCN(C)CC4)n3c2)cc1F. The molecule has 1 aromatic carbocycles. The minimum absolute atomic E-state index is 0.252. The molecule has 27 heavy (non-hydrogen) atoms. The number of hydrogen-bond donors (Lipinski definition) is 1. The number of carbonyl (C=O) groups excluding carboxylic acids is 1. The van der Waals surface area contributed by atoms with E-state index < -0.39 is 0 Å². The second kappa shape index (κ2) is 7.04. The molecule has 1 saturated heterocycles. The van der Waals surface area contributed by atoms with Gasteiger partial charge >= 0.3 is 0 Å². The van der Waals surface area contributed by atoms with Gasteiger partial charge in [-0.05, 0) is 55.9 Å². The number of anilines is 2. The van der Waals surface area contributed by atoms with Crippen molar-refractivity contribution in [1.29, 1.82) is 0 Å². The fourth-order valence-electron chi connectivity index (χ4n) is 3.39. The van der Waals surface area contributed by atoms with Gasteiger partial charge in [-0.25, -0.2) is 4.39 Å². The number of likely N-dealkylation sites (N-methyl/N-ethyl adjacent to an activating group) is 1. The zero-order valence-electron chi connectivity index (χ0n) is 15.6. The van der Waals surface area contributed by atoms with Gasteiger partial charge in [0.15, 0.2) is 0 Å². The number of fused-ring (bicyclic) bond motifs is 1. The van der Waals surface area contributed by atoms with Crippen molar-refractivity contribution in [3.63, 3.8) is 0 Å². The van der Waals surface area contributed by atoms with Gasteiger partial charge in [-0.2, -0.15) is 0 Å². The summed E-state index contributed by atoms with van der Waals surface area (Å²) in [7, 11) is 2.13. The molecule has 2 aromatic heterocycles. The second-order valence-corrected chi connectivity index (χ2v) is 7.11. The van der Waals surface area contributed by atoms with Crippen LogP contribution in [0, 0.1) is 12.7 Å². The number of rotatable bonds is 3. The first-order valence-electron chi connectivity index (χ1n) is 9.13. The van der Waals surface area contributed by atoms with E-state index >= 15 is 0 Å². The summed E-state index contributed by atoms with van der Waals surface area (Å²) in [5.74, 6) is 0.512. The minimum atomic E-state index is -0.328. The molecule has 1 N–H and O–H groups in total. The number of piperazine rings is 1. The molecule has 0 bridgehead atoms. The van der Waals surface area contributed by atoms with Crippen LogP contribution in [-0.4, -0.2) is 48.4 Å². The Morgan fingerprint density at radius 1 is 1.04 bits per heavy atom. The Kier molecular flexibility index (Phi) is 4.58. The van der Waals surface area contributed by atoms with E-state index in [-0.39, 0.29) is 11.7 Å². The van der Waals surface area contributed by atoms with Crippen molar-refractivity contribution in [3.8, 4) is 0 Å². The van der Waals surface area contributed by atoms with E-state index in [0.29, 0.717) is 16.8 Å². The monoisotopic (exact) mass is 366 g/mol. The second-order valence-electron chi connectivity index (χ2n) is 7.11. The Balaban J connectivity index is 1.59. The van der Waals surface area contributed by atoms with Crippen LogP contribution in [0.4, 0.5) is 15.9 Å². The molecule has 0 atom stereocenters. The molecular formula is C21H23FN4O. The highest BCUT2D eigenvalue weighted by atomic mass is 19.1. The maximum Gasteiger partial charge on any atom is 0.257 e. The Bertz CT molecular complexity index is 989. The van der Waals surface area contributed by atoms with Crippen LogP contribution in [0.3, 0.4) is 0 Å². The number of nitrogens with zero attached hydrogens (tertiary/aromatic N) is 3. The highest BCUT2D eigenvalue weighted by Crippen LogP contribution is 2.22. The lowest BCUT2D eigenvalue weighted by molar-refractivity contribution is 0.102. The van der Waals surface area contributed by atoms with Crippen molar-refractivity contribution in [2.24, 2.45) is 0 Å². The number of aryl methyl sites for hydroxylation is 1. The number of amides is 1. The number of pyridine rings is 1. The molecule has 0 aliphatic carbocycles. The molecule has 1 aliphatic heterocycles. The molecule has 1 aliphatic rings. The number of aromatic nitrogens is 1. The predicted octanol–water partition coefficient (Wildman–Crippen LogP) is 3.39. The molecule has 0 saturated carbocycles. The zero-order chi connectivity index (χ0) is 19.0. The van der Waals surface area contributed by atoms with E-state index in [0.717, 1.165) is 37.5 Å². The molecule has 1 amide bonds. The van der Waals surface area contributed by atoms with E-state index in [1.807, 2.05) is 12.3 Å². The van der Waals surface area contributed by atoms with Gasteiger partial charge in [-0.1, -0.05) is 6.07 Å². The van der Waals surface area contributed by atoms with Gasteiger partial charge in [-0.15, -0.1) is 0 Å². The molecule has 3 aromatic rings. The van der Waals surface area contributed by atoms with Gasteiger partial charge in [0.2, 0.25) is 0 Å². The summed E-state index contributed by atoms with van der Waals surface area (Å²) < 4.78 is 15.8. The lowest BCUT2D eigenvalue weighted by atomic mass is 10.2. The predicted molar refractivity (Wildman–Crippen MR) is 106 cm³/mol. The van der Waals surface area contributed by atoms with Crippen LogP contribution in [0.15, 0.2) is 48.7 Å². The van der Waals surface area contributed by atoms with E-state index in [2.05, 4.69) is 38.7 Å². The van der Waals surface area contributed by atoms with Gasteiger partial charge in [0, 0.05) is 43.6 Å². The van der Waals surface area contributed by atoms with Crippen molar-refractivity contribution >= 4 is 22.9 Å². The maximum atomic E-state index is 13.7. The van der Waals surface area contributed by atoms with Gasteiger partial charge < -0.3 is 19.5 Å². The Morgan fingerprint density at radius 2 is 1.78 bits per heavy atom. The van der Waals surface area contributed by atoms with Crippen LogP contribution in [-0.2, 0) is 0 Å². The summed E-state index contributed by atoms with van der Waals surface area (Å²) in [5, 5.41) is 2.78. The summed E-state index contributed by atoms with van der Waals surface area (Å²) in [5.41, 5.74) is 2.59. The summed E-state index contributed by atoms with van der Waals surface area (Å²) >= 11 is 0. The van der Waals surface area contributed by atoms with Crippen molar-refractivity contribution in [1.82, 2.24) is 9.30 Å². The first-order valence-corrected chi connectivity index (χ1v) is 9.13. The molecule has 3 heterocycles. The lowest BCUT2D eigenvalue weighted by Crippen LogP contribution is -2.44. The van der Waals surface area contributed by atoms with Crippen molar-refractivity contribution in [3.05, 3.63) is 65.6 Å². The van der Waals surface area contributed by atoms with E-state index in [1.165, 1.54) is 6.07 Å². The van der Waals surface area contributed by atoms with Crippen LogP contribution in [0.2, 0.25) is 0 Å². The third-order valence-corrected chi connectivity index (χ3v) is 5.15. The maximum absolute atomic E-state index is 13.7. The minimum Gasteiger partial charge on any atom is -0.355 e. The van der Waals surface area contributed by atoms with Crippen molar-refractivity contribution in [2.45, 2.75) is 6.92 Å². The van der Waals surface area contributed by atoms with Gasteiger partial charge in [0.25, 0.3) is 5.91 Å². The molecule has 0 unspecified atom stereocenters. The Labute approximate surface area is 158 Å². The molecule has 6 heteroatoms. The first kappa shape index (κ1) is 17.5. The molecular weight excluding hydrogens is 343 g/mol. The fourth-order valence-corrected chi connectivity index (χ4v) is 3.39. The van der Waals surface area contributed by atoms with Crippen LogP contribution in [0.1, 0.15) is 15.9 Å². The number of carbonyl (C=O) groups is 1. The van der Waals surface area contributed by atoms with E-state index in [9.17, 15) is 9.18 Å². The van der Waals surface area contributed by atoms with Crippen LogP contribution in [0.5, 0.6) is 0 Å². The average molecular weight is 366 g/mol. The number of nitrogens with one attached hydrogen (secondary N) is 1. The number of hydrogen-bond acceptors (Lipinski definition) is 3. The molecule has 4 rings (SSSR count). The number of benzene rings is 1. The largest absolute Gasteiger partial charge is 0.355 e. The van der Waals surface area contributed by atoms with Crippen LogP contribution < -0.4 is 10.2 Å². The quantitative estimate of drug-likeness (QED) is 0.772. The molecule has 0 spiro atoms. The van der Waals surface area contributed by atoms with E-state index in [4.69, 9.17) is 0 Å². The van der Waals surface area contributed by atoms with Gasteiger partial charge in [0.05, 0.1) is 5.56 Å². The number of halogens is 1. The van der Waals surface area contributed by atoms with E-state index in [1.54, 1.807) is 25.1 Å². The van der Waals surface area contributed by atoms with Crippen molar-refractivity contribution in [2.75, 3.05) is 43.4 Å². The standard InChI is InChI=1S/C21H23FN4O/c1-15-3-5-17(13-19(15)22)23-21(27)16-4-6-18-7-8-20(26(18)14-16)25-11-9-24(2)10-12-25/h3-8,13-14H,9-12H2,1-2H3,(H,23,27). The summed E-state index contributed by atoms with van der Waals surface area (Å²) in [6.45, 7) is 5.66. The third kappa shape index (κ3) is 3.53. The average Bonchev–Trinajstić information content (AvgIpc) is 3.08. The normalized spacial score (nSPS) is 15.3. The topological polar surface area (TPSA) is 40.0 Å². The van der Waals surface area contributed by atoms with Gasteiger partial charge in [0.1, 0.15) is 11.6 Å². The summed E-state index contributed by atoms with van der Waals surface area (Å²) in [6, 6.07) is 12.6. The zero-order valence-corrected chi connectivity index (χ0v) is 15.6. The Morgan fingerprint density at radius 3 is 2.52 bits per heavy atom. The first-order chi connectivity index (χ1) is 13.0. The molecule has 0 radical (unpaired) electrons. The summed E-state index contributed by atoms with van der Waals surface area (Å²) in [4.78, 5) is 17.3. The van der Waals surface area contributed by atoms with Gasteiger partial charge in [-0.3, -0.25) is 4.79 Å². The lowest BCUT2D eigenvalue weighted by Gasteiger charge is -2.33. The molecule has 5 nitrogen and oxygen atoms in total. The third-order valence-electron chi connectivity index (χ3n) is 5.15. The smallest absolute Gasteiger partial charge is 0.257 e. The van der Waals surface area contributed by atoms with Crippen molar-refractivity contribution < 1.29 is 9.18 Å². The van der Waals surface area contributed by atoms with Crippen LogP contribution >= 0.6 is 0 Å².